The molecule has 1 aromatic carbocycles. The van der Waals surface area contributed by atoms with E-state index in [9.17, 15) is 14.0 Å². The number of aromatic nitrogens is 1. The van der Waals surface area contributed by atoms with Crippen LogP contribution in [0, 0.1) is 17.7 Å². The van der Waals surface area contributed by atoms with Gasteiger partial charge in [0.2, 0.25) is 5.91 Å². The summed E-state index contributed by atoms with van der Waals surface area (Å²) in [7, 11) is 3.59. The fourth-order valence-corrected chi connectivity index (χ4v) is 5.76. The minimum Gasteiger partial charge on any atom is -0.334 e. The largest absolute Gasteiger partial charge is 0.334 e. The van der Waals surface area contributed by atoms with Gasteiger partial charge in [-0.15, -0.1) is 0 Å². The zero-order valence-corrected chi connectivity index (χ0v) is 21.8. The van der Waals surface area contributed by atoms with Crippen LogP contribution in [0.3, 0.4) is 0 Å². The van der Waals surface area contributed by atoms with Crippen molar-refractivity contribution in [2.24, 2.45) is 11.8 Å². The van der Waals surface area contributed by atoms with Gasteiger partial charge in [0, 0.05) is 25.9 Å². The Morgan fingerprint density at radius 2 is 1.83 bits per heavy atom. The number of Topliss-reactive ketones (excluding diaryl/α,β-unsaturated/α-hetero) is 1. The van der Waals surface area contributed by atoms with Gasteiger partial charge in [0.1, 0.15) is 17.4 Å². The number of amides is 1. The van der Waals surface area contributed by atoms with Crippen LogP contribution >= 0.6 is 0 Å². The van der Waals surface area contributed by atoms with Crippen LogP contribution in [0.5, 0.6) is 0 Å². The molecule has 0 bridgehead atoms. The Balaban J connectivity index is 1.57. The minimum absolute atomic E-state index is 0.0933. The van der Waals surface area contributed by atoms with Crippen LogP contribution in [0.25, 0.3) is 0 Å². The van der Waals surface area contributed by atoms with Crippen LogP contribution in [0.15, 0.2) is 42.5 Å². The molecule has 6 nitrogen and oxygen atoms in total. The highest BCUT2D eigenvalue weighted by molar-refractivity contribution is 5.90. The van der Waals surface area contributed by atoms with E-state index in [-0.39, 0.29) is 47.8 Å². The second-order valence-electron chi connectivity index (χ2n) is 10.3. The Morgan fingerprint density at radius 1 is 1.08 bits per heavy atom. The Kier molecular flexibility index (Phi) is 8.72. The van der Waals surface area contributed by atoms with Crippen molar-refractivity contribution in [3.8, 4) is 0 Å². The van der Waals surface area contributed by atoms with Crippen molar-refractivity contribution in [2.45, 2.75) is 70.4 Å². The van der Waals surface area contributed by atoms with E-state index >= 15 is 0 Å². The molecule has 194 valence electrons. The number of para-hydroxylation sites is 1. The van der Waals surface area contributed by atoms with Gasteiger partial charge in [-0.1, -0.05) is 37.5 Å². The average molecular weight is 495 g/mol. The van der Waals surface area contributed by atoms with E-state index in [1.165, 1.54) is 12.5 Å². The first kappa shape index (κ1) is 26.3. The maximum absolute atomic E-state index is 14.4. The Hall–Kier alpha value is -2.80. The number of benzene rings is 1. The molecule has 1 saturated carbocycles. The van der Waals surface area contributed by atoms with Gasteiger partial charge in [0.05, 0.1) is 23.5 Å². The third kappa shape index (κ3) is 5.77. The maximum atomic E-state index is 14.4. The molecule has 2 heterocycles. The summed E-state index contributed by atoms with van der Waals surface area (Å²) in [6.45, 7) is 2.54. The first-order chi connectivity index (χ1) is 17.4. The van der Waals surface area contributed by atoms with Gasteiger partial charge in [-0.3, -0.25) is 9.59 Å². The highest BCUT2D eigenvalue weighted by Gasteiger charge is 2.39. The molecular formula is C29H39FN4O2. The smallest absolute Gasteiger partial charge is 0.226 e. The number of likely N-dealkylation sites (N-methyl/N-ethyl adjacent to an activating group) is 1. The maximum Gasteiger partial charge on any atom is 0.226 e. The van der Waals surface area contributed by atoms with E-state index in [2.05, 4.69) is 5.32 Å². The van der Waals surface area contributed by atoms with Crippen molar-refractivity contribution in [3.05, 3.63) is 54.0 Å². The Labute approximate surface area is 214 Å². The zero-order valence-electron chi connectivity index (χ0n) is 21.8. The number of pyridine rings is 1. The van der Waals surface area contributed by atoms with Crippen LogP contribution < -0.4 is 10.2 Å². The van der Waals surface area contributed by atoms with E-state index in [0.29, 0.717) is 18.1 Å². The topological polar surface area (TPSA) is 65.5 Å². The van der Waals surface area contributed by atoms with Gasteiger partial charge >= 0.3 is 0 Å². The first-order valence-corrected chi connectivity index (χ1v) is 13.4. The molecule has 2 aliphatic rings. The van der Waals surface area contributed by atoms with Crippen molar-refractivity contribution in [2.75, 3.05) is 25.5 Å². The van der Waals surface area contributed by atoms with Crippen LogP contribution in [-0.4, -0.2) is 48.3 Å². The fourth-order valence-electron chi connectivity index (χ4n) is 5.76. The molecule has 1 saturated heterocycles. The lowest BCUT2D eigenvalue weighted by Gasteiger charge is -2.35. The Morgan fingerprint density at radius 3 is 2.56 bits per heavy atom. The van der Waals surface area contributed by atoms with Gasteiger partial charge in [-0.25, -0.2) is 9.37 Å². The van der Waals surface area contributed by atoms with E-state index in [4.69, 9.17) is 4.98 Å². The van der Waals surface area contributed by atoms with Crippen LogP contribution in [0.4, 0.5) is 15.9 Å². The summed E-state index contributed by atoms with van der Waals surface area (Å²) in [5, 5.41) is 3.03. The monoisotopic (exact) mass is 494 g/mol. The summed E-state index contributed by atoms with van der Waals surface area (Å²) in [4.78, 5) is 35.5. The number of likely N-dealkylation sites (tertiary alicyclic amines) is 1. The fraction of sp³-hybridized carbons (Fsp3) is 0.552. The lowest BCUT2D eigenvalue weighted by atomic mass is 9.76. The summed E-state index contributed by atoms with van der Waals surface area (Å²) < 4.78 is 14.4. The summed E-state index contributed by atoms with van der Waals surface area (Å²) in [5.41, 5.74) is 1.27. The molecule has 1 aliphatic heterocycles. The quantitative estimate of drug-likeness (QED) is 0.505. The molecule has 4 rings (SSSR count). The highest BCUT2D eigenvalue weighted by atomic mass is 19.1. The number of hydrogen-bond acceptors (Lipinski definition) is 5. The molecule has 2 fully saturated rings. The van der Waals surface area contributed by atoms with E-state index in [1.807, 2.05) is 30.0 Å². The number of halogens is 1. The van der Waals surface area contributed by atoms with E-state index in [0.717, 1.165) is 44.2 Å². The first-order valence-electron chi connectivity index (χ1n) is 13.4. The number of ketones is 1. The lowest BCUT2D eigenvalue weighted by molar-refractivity contribution is -0.141. The summed E-state index contributed by atoms with van der Waals surface area (Å²) >= 11 is 0. The van der Waals surface area contributed by atoms with Gasteiger partial charge in [-0.05, 0) is 69.8 Å². The van der Waals surface area contributed by atoms with Crippen molar-refractivity contribution >= 4 is 23.2 Å². The third-order valence-electron chi connectivity index (χ3n) is 8.06. The molecule has 1 N–H and O–H groups in total. The number of hydrogen-bond donors (Lipinski definition) is 1. The van der Waals surface area contributed by atoms with Gasteiger partial charge in [0.15, 0.2) is 0 Å². The molecule has 3 atom stereocenters. The predicted octanol–water partition coefficient (Wildman–Crippen LogP) is 5.42. The van der Waals surface area contributed by atoms with Crippen molar-refractivity contribution in [1.82, 2.24) is 15.2 Å². The van der Waals surface area contributed by atoms with Crippen molar-refractivity contribution in [1.29, 1.82) is 0 Å². The number of anilines is 2. The number of nitrogens with zero attached hydrogens (tertiary/aromatic N) is 3. The molecule has 1 aromatic heterocycles. The average Bonchev–Trinajstić information content (AvgIpc) is 3.41. The molecule has 1 amide bonds. The van der Waals surface area contributed by atoms with Gasteiger partial charge in [0.25, 0.3) is 0 Å². The number of rotatable bonds is 9. The molecule has 2 aromatic rings. The lowest BCUT2D eigenvalue weighted by Crippen LogP contribution is -2.42. The van der Waals surface area contributed by atoms with Gasteiger partial charge < -0.3 is 15.1 Å². The summed E-state index contributed by atoms with van der Waals surface area (Å²) in [5.74, 6) is 0.504. The van der Waals surface area contributed by atoms with Crippen LogP contribution in [0.2, 0.25) is 0 Å². The second kappa shape index (κ2) is 12.0. The van der Waals surface area contributed by atoms with Crippen molar-refractivity contribution < 1.29 is 14.0 Å². The molecule has 36 heavy (non-hydrogen) atoms. The summed E-state index contributed by atoms with van der Waals surface area (Å²) in [6, 6.07) is 12.0. The highest BCUT2D eigenvalue weighted by Crippen LogP contribution is 2.38. The van der Waals surface area contributed by atoms with Crippen LogP contribution in [-0.2, 0) is 9.59 Å². The molecule has 1 aliphatic carbocycles. The normalized spacial score (nSPS) is 20.2. The second-order valence-corrected chi connectivity index (χ2v) is 10.3. The molecule has 0 radical (unpaired) electrons. The molecule has 7 heteroatoms. The number of carbonyl (C=O) groups is 2. The molecule has 0 unspecified atom stereocenters. The minimum atomic E-state index is -0.305. The van der Waals surface area contributed by atoms with Crippen LogP contribution in [0.1, 0.15) is 70.0 Å². The van der Waals surface area contributed by atoms with Gasteiger partial charge in [-0.2, -0.15) is 0 Å². The Bertz CT molecular complexity index is 1060. The van der Waals surface area contributed by atoms with E-state index in [1.54, 1.807) is 37.2 Å². The predicted molar refractivity (Wildman–Crippen MR) is 141 cm³/mol. The molecular weight excluding hydrogens is 455 g/mol. The number of nitrogens with one attached hydrogen (secondary N) is 1. The van der Waals surface area contributed by atoms with Crippen molar-refractivity contribution in [3.63, 3.8) is 0 Å². The molecule has 0 spiro atoms. The number of carbonyl (C=O) groups excluding carboxylic acids is 2. The SMILES string of the molecule is CN[C@@H](C)C(=O)C[C@H](C(=O)N1CCC[C@@H]1c1cccc(N(C)c2ccccc2F)n1)C1CCCCC1. The third-order valence-corrected chi connectivity index (χ3v) is 8.06. The standard InChI is InChI=1S/C29H39FN4O2/c1-20(31-2)27(35)19-22(21-11-5-4-6-12-21)29(36)34-18-10-16-26(34)24-14-9-17-28(32-24)33(3)25-15-8-7-13-23(25)30/h7-9,13-15,17,20-22,26,31H,4-6,10-12,16,18-19H2,1-3H3/t20-,22-,26+/m0/s1. The zero-order chi connectivity index (χ0) is 25.7. The van der Waals surface area contributed by atoms with E-state index < -0.39 is 0 Å². The summed E-state index contributed by atoms with van der Waals surface area (Å²) in [6.07, 6.45) is 7.51.